The van der Waals surface area contributed by atoms with Gasteiger partial charge in [-0.25, -0.2) is 4.21 Å². The second-order valence-electron chi connectivity index (χ2n) is 5.43. The first-order valence-corrected chi connectivity index (χ1v) is 7.81. The van der Waals surface area contributed by atoms with Crippen molar-refractivity contribution in [3.8, 4) is 11.8 Å². The lowest BCUT2D eigenvalue weighted by atomic mass is 9.86. The van der Waals surface area contributed by atoms with Gasteiger partial charge in [0, 0.05) is 0 Å². The summed E-state index contributed by atoms with van der Waals surface area (Å²) in [6, 6.07) is 7.54. The van der Waals surface area contributed by atoms with E-state index in [1.165, 1.54) is 0 Å². The van der Waals surface area contributed by atoms with E-state index in [0.717, 1.165) is 17.7 Å². The van der Waals surface area contributed by atoms with Crippen molar-refractivity contribution in [2.45, 2.75) is 44.3 Å². The summed E-state index contributed by atoms with van der Waals surface area (Å²) in [5.74, 6) is 0.912. The summed E-state index contributed by atoms with van der Waals surface area (Å²) in [5, 5.41) is 14.6. The van der Waals surface area contributed by atoms with Crippen LogP contribution in [0.5, 0.6) is 5.75 Å². The van der Waals surface area contributed by atoms with Crippen LogP contribution >= 0.6 is 0 Å². The maximum Gasteiger partial charge on any atom is 0.122 e. The number of rotatable bonds is 6. The number of nitrogens with zero attached hydrogens (tertiary/aromatic N) is 1. The van der Waals surface area contributed by atoms with E-state index in [1.807, 2.05) is 26.0 Å². The Hall–Kier alpha value is -1.38. The van der Waals surface area contributed by atoms with E-state index in [0.29, 0.717) is 12.0 Å². The smallest absolute Gasteiger partial charge is 0.122 e. The van der Waals surface area contributed by atoms with Crippen molar-refractivity contribution in [1.29, 1.82) is 5.26 Å². The van der Waals surface area contributed by atoms with Crippen LogP contribution in [0, 0.1) is 11.3 Å². The number of ether oxygens (including phenoxy) is 1. The third-order valence-electron chi connectivity index (χ3n) is 3.57. The lowest BCUT2D eigenvalue weighted by molar-refractivity contribution is 0.398. The first kappa shape index (κ1) is 16.7. The summed E-state index contributed by atoms with van der Waals surface area (Å²) < 4.78 is 16.5. The van der Waals surface area contributed by atoms with Gasteiger partial charge in [0.1, 0.15) is 5.75 Å². The maximum absolute atomic E-state index is 11.6. The highest BCUT2D eigenvalue weighted by Gasteiger charge is 2.29. The van der Waals surface area contributed by atoms with Crippen LogP contribution in [0.1, 0.15) is 50.7 Å². The van der Waals surface area contributed by atoms with Gasteiger partial charge in [0.2, 0.25) is 0 Å². The van der Waals surface area contributed by atoms with Crippen molar-refractivity contribution < 1.29 is 8.95 Å². The zero-order chi connectivity index (χ0) is 15.3. The monoisotopic (exact) mass is 294 g/mol. The number of hydrogen-bond donors (Lipinski definition) is 1. The van der Waals surface area contributed by atoms with Gasteiger partial charge >= 0.3 is 0 Å². The highest BCUT2D eigenvalue weighted by molar-refractivity contribution is 7.84. The van der Waals surface area contributed by atoms with Gasteiger partial charge in [-0.2, -0.15) is 5.26 Å². The van der Waals surface area contributed by atoms with Crippen LogP contribution in [0.3, 0.4) is 0 Å². The molecule has 1 aromatic carbocycles. The third kappa shape index (κ3) is 3.81. The van der Waals surface area contributed by atoms with Gasteiger partial charge in [-0.3, -0.25) is 5.14 Å². The predicted molar refractivity (Wildman–Crippen MR) is 81.8 cm³/mol. The van der Waals surface area contributed by atoms with Crippen molar-refractivity contribution in [2.24, 2.45) is 5.14 Å². The van der Waals surface area contributed by atoms with Gasteiger partial charge < -0.3 is 4.74 Å². The molecule has 2 N–H and O–H groups in total. The lowest BCUT2D eigenvalue weighted by Gasteiger charge is -2.28. The first-order chi connectivity index (χ1) is 9.35. The fraction of sp³-hybridized carbons (Fsp3) is 0.533. The molecule has 110 valence electrons. The summed E-state index contributed by atoms with van der Waals surface area (Å²) in [6.07, 6.45) is 1.55. The van der Waals surface area contributed by atoms with Gasteiger partial charge in [0.25, 0.3) is 0 Å². The predicted octanol–water partition coefficient (Wildman–Crippen LogP) is 2.85. The van der Waals surface area contributed by atoms with Crippen LogP contribution in [0.25, 0.3) is 0 Å². The standard InChI is InChI=1S/C15H22N2O2S/c1-5-12(9-15(2,3)20(17)18)13-8-11(10-16)6-7-14(13)19-4/h6-8,12H,5,9,17H2,1-4H3/t12-,20?/m0/s1. The number of hydrogen-bond acceptors (Lipinski definition) is 3. The Kier molecular flexibility index (Phi) is 5.73. The Balaban J connectivity index is 3.18. The van der Waals surface area contributed by atoms with Crippen LogP contribution in [-0.4, -0.2) is 16.1 Å². The summed E-state index contributed by atoms with van der Waals surface area (Å²) >= 11 is 0. The van der Waals surface area contributed by atoms with Crippen molar-refractivity contribution in [2.75, 3.05) is 7.11 Å². The summed E-state index contributed by atoms with van der Waals surface area (Å²) in [5.41, 5.74) is 1.58. The van der Waals surface area contributed by atoms with Crippen LogP contribution in [0.4, 0.5) is 0 Å². The molecular formula is C15H22N2O2S. The average Bonchev–Trinajstić information content (AvgIpc) is 2.43. The molecule has 2 atom stereocenters. The molecule has 1 unspecified atom stereocenters. The van der Waals surface area contributed by atoms with Gasteiger partial charge in [0.15, 0.2) is 0 Å². The SMILES string of the molecule is CC[C@@H](CC(C)(C)S(N)=O)c1cc(C#N)ccc1OC. The fourth-order valence-corrected chi connectivity index (χ4v) is 2.64. The quantitative estimate of drug-likeness (QED) is 0.876. The normalized spacial score (nSPS) is 14.4. The Labute approximate surface area is 123 Å². The zero-order valence-corrected chi connectivity index (χ0v) is 13.3. The van der Waals surface area contributed by atoms with Gasteiger partial charge in [-0.1, -0.05) is 6.92 Å². The van der Waals surface area contributed by atoms with Crippen LogP contribution in [0.2, 0.25) is 0 Å². The molecule has 1 aromatic rings. The van der Waals surface area contributed by atoms with E-state index < -0.39 is 15.7 Å². The fourth-order valence-electron chi connectivity index (χ4n) is 2.27. The molecule has 0 radical (unpaired) electrons. The zero-order valence-electron chi connectivity index (χ0n) is 12.5. The molecule has 0 aliphatic rings. The molecule has 0 spiro atoms. The molecule has 4 nitrogen and oxygen atoms in total. The molecule has 1 rings (SSSR count). The Bertz CT molecular complexity index is 535. The molecular weight excluding hydrogens is 272 g/mol. The molecule has 0 aromatic heterocycles. The van der Waals surface area contributed by atoms with E-state index in [4.69, 9.17) is 15.1 Å². The van der Waals surface area contributed by atoms with E-state index in [2.05, 4.69) is 13.0 Å². The van der Waals surface area contributed by atoms with Crippen molar-refractivity contribution >= 4 is 11.0 Å². The van der Waals surface area contributed by atoms with Gasteiger partial charge in [0.05, 0.1) is 34.5 Å². The van der Waals surface area contributed by atoms with Crippen LogP contribution in [-0.2, 0) is 11.0 Å². The number of methoxy groups -OCH3 is 1. The summed E-state index contributed by atoms with van der Waals surface area (Å²) in [7, 11) is 0.222. The Morgan fingerprint density at radius 3 is 2.60 bits per heavy atom. The highest BCUT2D eigenvalue weighted by Crippen LogP contribution is 2.36. The second-order valence-corrected chi connectivity index (χ2v) is 7.13. The minimum atomic E-state index is -1.39. The van der Waals surface area contributed by atoms with Crippen LogP contribution in [0.15, 0.2) is 18.2 Å². The summed E-state index contributed by atoms with van der Waals surface area (Å²) in [4.78, 5) is 0. The molecule has 0 aliphatic carbocycles. The Morgan fingerprint density at radius 2 is 2.15 bits per heavy atom. The minimum Gasteiger partial charge on any atom is -0.496 e. The van der Waals surface area contributed by atoms with Crippen molar-refractivity contribution in [3.05, 3.63) is 29.3 Å². The lowest BCUT2D eigenvalue weighted by Crippen LogP contribution is -2.33. The topological polar surface area (TPSA) is 76.1 Å². The maximum atomic E-state index is 11.6. The largest absolute Gasteiger partial charge is 0.496 e. The molecule has 0 heterocycles. The molecule has 0 amide bonds. The number of nitrogens with two attached hydrogens (primary N) is 1. The minimum absolute atomic E-state index is 0.153. The van der Waals surface area contributed by atoms with Crippen molar-refractivity contribution in [1.82, 2.24) is 0 Å². The Morgan fingerprint density at radius 1 is 1.50 bits per heavy atom. The average molecular weight is 294 g/mol. The summed E-state index contributed by atoms with van der Waals surface area (Å²) in [6.45, 7) is 5.86. The molecule has 20 heavy (non-hydrogen) atoms. The molecule has 0 saturated heterocycles. The molecule has 0 aliphatic heterocycles. The number of nitriles is 1. The molecule has 0 bridgehead atoms. The van der Waals surface area contributed by atoms with E-state index in [-0.39, 0.29) is 5.92 Å². The van der Waals surface area contributed by atoms with Crippen molar-refractivity contribution in [3.63, 3.8) is 0 Å². The molecule has 0 saturated carbocycles. The molecule has 5 heteroatoms. The molecule has 0 fully saturated rings. The van der Waals surface area contributed by atoms with Gasteiger partial charge in [-0.05, 0) is 56.4 Å². The number of benzene rings is 1. The van der Waals surface area contributed by atoms with Gasteiger partial charge in [-0.15, -0.1) is 0 Å². The van der Waals surface area contributed by atoms with Crippen LogP contribution < -0.4 is 9.88 Å². The second kappa shape index (κ2) is 6.87. The van der Waals surface area contributed by atoms with E-state index in [9.17, 15) is 4.21 Å². The first-order valence-electron chi connectivity index (χ1n) is 6.60. The third-order valence-corrected chi connectivity index (χ3v) is 4.83. The van der Waals surface area contributed by atoms with E-state index in [1.54, 1.807) is 13.2 Å². The van der Waals surface area contributed by atoms with E-state index >= 15 is 0 Å². The highest BCUT2D eigenvalue weighted by atomic mass is 32.2.